The van der Waals surface area contributed by atoms with E-state index in [1.54, 1.807) is 12.1 Å². The van der Waals surface area contributed by atoms with Crippen LogP contribution in [0.15, 0.2) is 137 Å². The monoisotopic (exact) mass is 703 g/mol. The third kappa shape index (κ3) is 8.58. The molecule has 0 bridgehead atoms. The van der Waals surface area contributed by atoms with Crippen LogP contribution in [-0.2, 0) is 33.3 Å². The van der Waals surface area contributed by atoms with E-state index in [0.29, 0.717) is 31.2 Å². The Hall–Kier alpha value is -4.32. The van der Waals surface area contributed by atoms with E-state index in [1.807, 2.05) is 74.5 Å². The molecule has 0 aliphatic heterocycles. The van der Waals surface area contributed by atoms with E-state index in [4.69, 9.17) is 11.6 Å². The number of hydrogen-bond donors (Lipinski definition) is 2. The van der Waals surface area contributed by atoms with Crippen molar-refractivity contribution in [3.8, 4) is 0 Å². The zero-order valence-electron chi connectivity index (χ0n) is 26.5. The summed E-state index contributed by atoms with van der Waals surface area (Å²) in [7, 11) is -8.59. The van der Waals surface area contributed by atoms with Crippen LogP contribution in [0.25, 0.3) is 5.57 Å². The molecule has 48 heavy (non-hydrogen) atoms. The van der Waals surface area contributed by atoms with Gasteiger partial charge in [0, 0.05) is 41.5 Å². The molecule has 0 saturated heterocycles. The van der Waals surface area contributed by atoms with Crippen molar-refractivity contribution in [1.82, 2.24) is 0 Å². The lowest BCUT2D eigenvalue weighted by Gasteiger charge is -2.24. The number of halogens is 1. The molecule has 1 aliphatic rings. The quantitative estimate of drug-likeness (QED) is 0.123. The van der Waals surface area contributed by atoms with Crippen LogP contribution in [0, 0.1) is 0 Å². The van der Waals surface area contributed by atoms with E-state index in [2.05, 4.69) is 33.8 Å². The molecule has 4 aromatic rings. The summed E-state index contributed by atoms with van der Waals surface area (Å²) in [5.74, 6) is 0. The van der Waals surface area contributed by atoms with Gasteiger partial charge in [0.1, 0.15) is 6.54 Å². The molecule has 11 heteroatoms. The van der Waals surface area contributed by atoms with Gasteiger partial charge >= 0.3 is 0 Å². The highest BCUT2D eigenvalue weighted by molar-refractivity contribution is 7.86. The molecule has 0 saturated carbocycles. The molecule has 1 aliphatic carbocycles. The zero-order chi connectivity index (χ0) is 34.5. The molecule has 2 N–H and O–H groups in total. The van der Waals surface area contributed by atoms with Gasteiger partial charge in [0.05, 0.1) is 9.79 Å². The van der Waals surface area contributed by atoms with Crippen molar-refractivity contribution in [2.75, 3.05) is 18.0 Å². The van der Waals surface area contributed by atoms with Gasteiger partial charge in [-0.25, -0.2) is 4.58 Å². The summed E-state index contributed by atoms with van der Waals surface area (Å²) in [4.78, 5) is 1.86. The van der Waals surface area contributed by atoms with E-state index in [-0.39, 0.29) is 9.79 Å². The number of benzene rings is 4. The topological polar surface area (TPSA) is 115 Å². The Kier molecular flexibility index (Phi) is 10.8. The number of hydrogen-bond acceptors (Lipinski definition) is 5. The smallest absolute Gasteiger partial charge is 0.294 e. The molecule has 0 radical (unpaired) electrons. The van der Waals surface area contributed by atoms with Gasteiger partial charge in [0.2, 0.25) is 0 Å². The van der Waals surface area contributed by atoms with Crippen molar-refractivity contribution in [1.29, 1.82) is 0 Å². The summed E-state index contributed by atoms with van der Waals surface area (Å²) < 4.78 is 67.7. The fraction of sp³-hybridized carbons (Fsp3) is 0.162. The maximum atomic E-state index is 11.7. The maximum absolute atomic E-state index is 11.7. The van der Waals surface area contributed by atoms with E-state index in [9.17, 15) is 25.9 Å². The highest BCUT2D eigenvalue weighted by atomic mass is 35.5. The molecular weight excluding hydrogens is 668 g/mol. The van der Waals surface area contributed by atoms with Crippen LogP contribution in [0.4, 0.5) is 5.69 Å². The van der Waals surface area contributed by atoms with Crippen molar-refractivity contribution in [2.45, 2.75) is 36.7 Å². The van der Waals surface area contributed by atoms with Gasteiger partial charge in [0.25, 0.3) is 20.2 Å². The summed E-state index contributed by atoms with van der Waals surface area (Å²) in [6.45, 7) is 6.33. The van der Waals surface area contributed by atoms with Crippen LogP contribution in [-0.4, -0.2) is 49.3 Å². The zero-order valence-corrected chi connectivity index (χ0v) is 28.9. The minimum atomic E-state index is -4.29. The normalized spacial score (nSPS) is 13.1. The summed E-state index contributed by atoms with van der Waals surface area (Å²) in [6.07, 6.45) is 8.19. The highest BCUT2D eigenvalue weighted by Gasteiger charge is 2.18. The first kappa shape index (κ1) is 35.0. The summed E-state index contributed by atoms with van der Waals surface area (Å²) >= 11 is 6.24. The fourth-order valence-electron chi connectivity index (χ4n) is 5.62. The van der Waals surface area contributed by atoms with Crippen LogP contribution in [0.2, 0.25) is 5.02 Å². The molecule has 0 aromatic heterocycles. The van der Waals surface area contributed by atoms with Crippen LogP contribution in [0.1, 0.15) is 36.1 Å². The number of nitrogens with zero attached hydrogens (tertiary/aromatic N) is 2. The fourth-order valence-corrected chi connectivity index (χ4v) is 6.84. The standard InChI is InChI=1S/C37H35ClN2O6S2/c1-3-39(25-27-7-5-9-35(23-27)47(41,42)43)33-19-13-30(14-20-33)37(29-11-17-32(38)18-12-29)31-15-21-34(22-16-31)40(4-2)26-28-8-6-10-36(24-28)48(44,45)46/h5-24H,3-4,25-26H2,1-2H3,(H-,41,42,43,44,45,46)/p+1. The van der Waals surface area contributed by atoms with Gasteiger partial charge in [0.15, 0.2) is 12.3 Å². The largest absolute Gasteiger partial charge is 0.367 e. The van der Waals surface area contributed by atoms with E-state index in [0.717, 1.165) is 44.8 Å². The van der Waals surface area contributed by atoms with E-state index < -0.39 is 20.2 Å². The third-order valence-electron chi connectivity index (χ3n) is 8.08. The Balaban J connectivity index is 1.46. The van der Waals surface area contributed by atoms with Crippen molar-refractivity contribution in [2.24, 2.45) is 0 Å². The molecule has 0 atom stereocenters. The predicted molar refractivity (Wildman–Crippen MR) is 191 cm³/mol. The molecule has 4 aromatic carbocycles. The van der Waals surface area contributed by atoms with Crippen molar-refractivity contribution in [3.63, 3.8) is 0 Å². The van der Waals surface area contributed by atoms with Crippen molar-refractivity contribution in [3.05, 3.63) is 154 Å². The van der Waals surface area contributed by atoms with Gasteiger partial charge in [-0.2, -0.15) is 16.8 Å². The van der Waals surface area contributed by atoms with E-state index in [1.165, 1.54) is 24.3 Å². The Morgan fingerprint density at radius 2 is 1.23 bits per heavy atom. The summed E-state index contributed by atoms with van der Waals surface area (Å²) in [6, 6.07) is 28.5. The Morgan fingerprint density at radius 3 is 1.75 bits per heavy atom. The summed E-state index contributed by atoms with van der Waals surface area (Å²) in [5, 5.41) is 0.636. The lowest BCUT2D eigenvalue weighted by Crippen LogP contribution is -2.22. The molecule has 0 amide bonds. The Morgan fingerprint density at radius 1 is 0.708 bits per heavy atom. The predicted octanol–water partition coefficient (Wildman–Crippen LogP) is 7.46. The van der Waals surface area contributed by atoms with Gasteiger partial charge in [-0.1, -0.05) is 60.1 Å². The Labute approximate surface area is 287 Å². The minimum absolute atomic E-state index is 0.131. The van der Waals surface area contributed by atoms with Crippen LogP contribution >= 0.6 is 11.6 Å². The van der Waals surface area contributed by atoms with Crippen LogP contribution in [0.5, 0.6) is 0 Å². The van der Waals surface area contributed by atoms with Crippen molar-refractivity contribution < 1.29 is 30.5 Å². The second-order valence-electron chi connectivity index (χ2n) is 11.2. The molecule has 0 heterocycles. The molecule has 8 nitrogen and oxygen atoms in total. The molecule has 248 valence electrons. The van der Waals surface area contributed by atoms with Gasteiger partial charge in [-0.3, -0.25) is 9.11 Å². The minimum Gasteiger partial charge on any atom is -0.367 e. The first-order valence-electron chi connectivity index (χ1n) is 15.3. The SMILES string of the molecule is CCN(Cc1cccc(S(=O)(=O)O)c1)c1ccc(C(=C2C=CC(=[N+](CC)Cc3cccc(S(=O)(=O)O)c3)C=C2)c2ccc(Cl)cc2)cc1. The molecule has 5 rings (SSSR count). The molecule has 0 spiro atoms. The lowest BCUT2D eigenvalue weighted by molar-refractivity contribution is -0.539. The average Bonchev–Trinajstić information content (AvgIpc) is 3.07. The number of allylic oxidation sites excluding steroid dienone is 5. The van der Waals surface area contributed by atoms with Crippen molar-refractivity contribution >= 4 is 48.8 Å². The average molecular weight is 704 g/mol. The third-order valence-corrected chi connectivity index (χ3v) is 10.0. The second kappa shape index (κ2) is 14.8. The maximum Gasteiger partial charge on any atom is 0.294 e. The van der Waals surface area contributed by atoms with Gasteiger partial charge in [-0.05, 0) is 102 Å². The van der Waals surface area contributed by atoms with Gasteiger partial charge in [-0.15, -0.1) is 0 Å². The highest BCUT2D eigenvalue weighted by Crippen LogP contribution is 2.32. The van der Waals surface area contributed by atoms with E-state index >= 15 is 0 Å². The lowest BCUT2D eigenvalue weighted by atomic mass is 9.90. The van der Waals surface area contributed by atoms with Gasteiger partial charge < -0.3 is 4.90 Å². The van der Waals surface area contributed by atoms with Crippen LogP contribution in [0.3, 0.4) is 0 Å². The number of anilines is 1. The van der Waals surface area contributed by atoms with Crippen LogP contribution < -0.4 is 4.90 Å². The first-order chi connectivity index (χ1) is 22.9. The Bertz CT molecular complexity index is 2140. The molecule has 0 fully saturated rings. The number of rotatable bonds is 11. The first-order valence-corrected chi connectivity index (χ1v) is 18.6. The molecule has 0 unspecified atom stereocenters. The molecular formula is C37H36ClN2O6S2+. The second-order valence-corrected chi connectivity index (χ2v) is 14.5. The summed E-state index contributed by atoms with van der Waals surface area (Å²) in [5.41, 5.74) is 7.43.